The van der Waals surface area contributed by atoms with E-state index in [0.717, 1.165) is 33.8 Å². The van der Waals surface area contributed by atoms with Crippen LogP contribution in [0.5, 0.6) is 0 Å². The fourth-order valence-corrected chi connectivity index (χ4v) is 4.44. The van der Waals surface area contributed by atoms with Crippen LogP contribution in [-0.2, 0) is 62.1 Å². The zero-order valence-corrected chi connectivity index (χ0v) is 23.6. The number of carbonyl (C=O) groups excluding carboxylic acids is 3. The molecule has 3 aromatic carbocycles. The Bertz CT molecular complexity index is 1240. The number of rotatable bonds is 15. The Hall–Kier alpha value is -4.25. The van der Waals surface area contributed by atoms with Crippen molar-refractivity contribution in [2.24, 2.45) is 0 Å². The van der Waals surface area contributed by atoms with E-state index in [1.165, 1.54) is 0 Å². The molecule has 0 aliphatic carbocycles. The van der Waals surface area contributed by atoms with Crippen molar-refractivity contribution in [2.75, 3.05) is 44.5 Å². The molecule has 0 amide bonds. The van der Waals surface area contributed by atoms with Crippen LogP contribution in [0.25, 0.3) is 0 Å². The van der Waals surface area contributed by atoms with Crippen LogP contribution in [0.1, 0.15) is 16.7 Å². The number of nitrogens with zero attached hydrogens (tertiary/aromatic N) is 1. The predicted octanol–water partition coefficient (Wildman–Crippen LogP) is 3.61. The van der Waals surface area contributed by atoms with E-state index in [1.807, 2.05) is 72.8 Å². The lowest BCUT2D eigenvalue weighted by atomic mass is 10.1. The van der Waals surface area contributed by atoms with Gasteiger partial charge in [0.2, 0.25) is 0 Å². The normalized spacial score (nSPS) is 19.7. The Morgan fingerprint density at radius 2 is 0.767 bits per heavy atom. The molecule has 0 saturated carbocycles. The number of anilines is 3. The van der Waals surface area contributed by atoms with Crippen molar-refractivity contribution in [1.29, 1.82) is 0 Å². The summed E-state index contributed by atoms with van der Waals surface area (Å²) in [6.07, 6.45) is 0.600. The molecule has 0 aromatic heterocycles. The summed E-state index contributed by atoms with van der Waals surface area (Å²) in [5.74, 6) is -0.882. The average molecular weight is 588 g/mol. The predicted molar refractivity (Wildman–Crippen MR) is 154 cm³/mol. The monoisotopic (exact) mass is 587 g/mol. The molecule has 0 radical (unpaired) electrons. The zero-order chi connectivity index (χ0) is 29.6. The largest absolute Gasteiger partial charge is 0.463 e. The van der Waals surface area contributed by atoms with Gasteiger partial charge in [0.25, 0.3) is 0 Å². The number of ether oxygens (including phenoxy) is 6. The highest BCUT2D eigenvalue weighted by Crippen LogP contribution is 2.35. The fourth-order valence-electron chi connectivity index (χ4n) is 4.44. The first-order valence-electron chi connectivity index (χ1n) is 14.4. The molecule has 43 heavy (non-hydrogen) atoms. The minimum atomic E-state index is -0.294. The summed E-state index contributed by atoms with van der Waals surface area (Å²) in [5, 5.41) is 0. The summed E-state index contributed by atoms with van der Waals surface area (Å²) in [5.41, 5.74) is 5.12. The maximum absolute atomic E-state index is 12.2. The number of hydrogen-bond acceptors (Lipinski definition) is 10. The highest BCUT2D eigenvalue weighted by atomic mass is 16.6. The third kappa shape index (κ3) is 8.87. The Kier molecular flexibility index (Phi) is 8.97. The minimum Gasteiger partial charge on any atom is -0.463 e. The van der Waals surface area contributed by atoms with E-state index in [9.17, 15) is 14.4 Å². The first-order valence-corrected chi connectivity index (χ1v) is 14.4. The van der Waals surface area contributed by atoms with Crippen LogP contribution in [0.3, 0.4) is 0 Å². The minimum absolute atomic E-state index is 0.0311. The molecule has 3 aliphatic rings. The van der Waals surface area contributed by atoms with Crippen molar-refractivity contribution in [3.05, 3.63) is 89.5 Å². The Balaban J connectivity index is 1.16. The topological polar surface area (TPSA) is 120 Å². The lowest BCUT2D eigenvalue weighted by molar-refractivity contribution is -0.144. The summed E-state index contributed by atoms with van der Waals surface area (Å²) < 4.78 is 31.1. The molecule has 3 atom stereocenters. The molecular formula is C33H33NO9. The number of benzene rings is 3. The molecule has 3 fully saturated rings. The van der Waals surface area contributed by atoms with Gasteiger partial charge in [0.15, 0.2) is 0 Å². The second-order valence-electron chi connectivity index (χ2n) is 10.8. The SMILES string of the molecule is O=C(Cc1ccc(N(c2ccc(CC(=O)OCC3CO3)cc2)c2ccc(CC(=O)OCC3CO3)cc2)cc1)OCC1CO1. The van der Waals surface area contributed by atoms with E-state index in [4.69, 9.17) is 28.4 Å². The van der Waals surface area contributed by atoms with Crippen LogP contribution in [0, 0.1) is 0 Å². The standard InChI is InChI=1S/C33H33NO9/c35-31(41-19-28-16-38-28)13-22-1-7-25(8-2-22)34(26-9-3-23(4-10-26)14-32(36)42-20-29-17-39-29)27-11-5-24(6-12-27)15-33(37)43-21-30-18-40-30/h1-12,28-30H,13-21H2. The first-order chi connectivity index (χ1) is 21.0. The summed E-state index contributed by atoms with van der Waals surface area (Å²) in [6, 6.07) is 23.1. The van der Waals surface area contributed by atoms with Gasteiger partial charge in [0, 0.05) is 17.1 Å². The molecule has 224 valence electrons. The van der Waals surface area contributed by atoms with Crippen LogP contribution in [0.2, 0.25) is 0 Å². The highest BCUT2D eigenvalue weighted by molar-refractivity contribution is 5.79. The maximum atomic E-state index is 12.2. The third-order valence-corrected chi connectivity index (χ3v) is 7.13. The fraction of sp³-hybridized carbons (Fsp3) is 0.364. The van der Waals surface area contributed by atoms with Crippen molar-refractivity contribution in [2.45, 2.75) is 37.6 Å². The van der Waals surface area contributed by atoms with Gasteiger partial charge in [0.1, 0.15) is 38.1 Å². The average Bonchev–Trinajstić information content (AvgIpc) is 3.87. The van der Waals surface area contributed by atoms with E-state index in [0.29, 0.717) is 19.8 Å². The molecule has 3 heterocycles. The molecular weight excluding hydrogens is 554 g/mol. The van der Waals surface area contributed by atoms with Crippen molar-refractivity contribution >= 4 is 35.0 Å². The lowest BCUT2D eigenvalue weighted by Gasteiger charge is -2.26. The molecule has 0 bridgehead atoms. The van der Waals surface area contributed by atoms with E-state index in [-0.39, 0.29) is 75.3 Å². The van der Waals surface area contributed by atoms with Crippen molar-refractivity contribution in [3.8, 4) is 0 Å². The van der Waals surface area contributed by atoms with Gasteiger partial charge in [0.05, 0.1) is 39.1 Å². The number of hydrogen-bond donors (Lipinski definition) is 0. The van der Waals surface area contributed by atoms with Gasteiger partial charge >= 0.3 is 17.9 Å². The van der Waals surface area contributed by atoms with E-state index >= 15 is 0 Å². The lowest BCUT2D eigenvalue weighted by Crippen LogP contribution is -2.14. The molecule has 0 N–H and O–H groups in total. The summed E-state index contributed by atoms with van der Waals surface area (Å²) in [4.78, 5) is 38.7. The molecule has 10 heteroatoms. The number of epoxide rings is 3. The van der Waals surface area contributed by atoms with Gasteiger partial charge in [-0.1, -0.05) is 36.4 Å². The zero-order valence-electron chi connectivity index (χ0n) is 23.6. The second kappa shape index (κ2) is 13.4. The van der Waals surface area contributed by atoms with Crippen LogP contribution in [-0.4, -0.2) is 75.9 Å². The third-order valence-electron chi connectivity index (χ3n) is 7.13. The van der Waals surface area contributed by atoms with Gasteiger partial charge in [-0.15, -0.1) is 0 Å². The Labute approximate surface area is 249 Å². The quantitative estimate of drug-likeness (QED) is 0.148. The van der Waals surface area contributed by atoms with Crippen molar-refractivity contribution in [3.63, 3.8) is 0 Å². The second-order valence-corrected chi connectivity index (χ2v) is 10.8. The Morgan fingerprint density at radius 3 is 1.00 bits per heavy atom. The number of esters is 3. The van der Waals surface area contributed by atoms with Crippen molar-refractivity contribution in [1.82, 2.24) is 0 Å². The van der Waals surface area contributed by atoms with Crippen LogP contribution >= 0.6 is 0 Å². The molecule has 3 saturated heterocycles. The summed E-state index contributed by atoms with van der Waals surface area (Å²) in [6.45, 7) is 2.78. The van der Waals surface area contributed by atoms with Crippen LogP contribution < -0.4 is 4.90 Å². The van der Waals surface area contributed by atoms with Crippen molar-refractivity contribution < 1.29 is 42.8 Å². The smallest absolute Gasteiger partial charge is 0.310 e. The number of carbonyl (C=O) groups is 3. The van der Waals surface area contributed by atoms with Gasteiger partial charge in [-0.3, -0.25) is 14.4 Å². The van der Waals surface area contributed by atoms with E-state index in [1.54, 1.807) is 0 Å². The van der Waals surface area contributed by atoms with Crippen LogP contribution in [0.15, 0.2) is 72.8 Å². The van der Waals surface area contributed by atoms with Gasteiger partial charge < -0.3 is 33.3 Å². The maximum Gasteiger partial charge on any atom is 0.310 e. The first kappa shape index (κ1) is 28.9. The van der Waals surface area contributed by atoms with Gasteiger partial charge in [-0.2, -0.15) is 0 Å². The Morgan fingerprint density at radius 1 is 0.512 bits per heavy atom. The summed E-state index contributed by atoms with van der Waals surface area (Å²) in [7, 11) is 0. The van der Waals surface area contributed by atoms with Gasteiger partial charge in [-0.25, -0.2) is 0 Å². The molecule has 3 aromatic rings. The van der Waals surface area contributed by atoms with E-state index < -0.39 is 0 Å². The highest BCUT2D eigenvalue weighted by Gasteiger charge is 2.26. The molecule has 10 nitrogen and oxygen atoms in total. The summed E-state index contributed by atoms with van der Waals surface area (Å²) >= 11 is 0. The molecule has 3 unspecified atom stereocenters. The van der Waals surface area contributed by atoms with Crippen LogP contribution in [0.4, 0.5) is 17.1 Å². The van der Waals surface area contributed by atoms with E-state index in [2.05, 4.69) is 4.90 Å². The molecule has 0 spiro atoms. The molecule has 3 aliphatic heterocycles. The molecule has 6 rings (SSSR count). The van der Waals surface area contributed by atoms with Gasteiger partial charge in [-0.05, 0) is 53.1 Å².